The molecule has 0 unspecified atom stereocenters. The number of ether oxygens (including phenoxy) is 1. The van der Waals surface area contributed by atoms with Gasteiger partial charge in [-0.1, -0.05) is 0 Å². The van der Waals surface area contributed by atoms with Crippen LogP contribution < -0.4 is 18.9 Å². The summed E-state index contributed by atoms with van der Waals surface area (Å²) in [7, 11) is 0. The summed E-state index contributed by atoms with van der Waals surface area (Å²) < 4.78 is 4.87. The standard InChI is InChI=1S/C6H11O.Li.H2O/c1-5-7-6(2,3)4;;/h1H2,2-4H3;;1H2/q-1;+1;/p-1. The van der Waals surface area contributed by atoms with Crippen molar-refractivity contribution < 1.29 is 29.1 Å². The van der Waals surface area contributed by atoms with E-state index < -0.39 is 0 Å². The minimum Gasteiger partial charge on any atom is -0.870 e. The molecule has 0 aliphatic rings. The molecule has 0 aromatic rings. The SMILES string of the molecule is C=[C-]OC(C)(C)C.[Li+].[OH-]. The molecule has 3 heteroatoms. The number of rotatable bonds is 1. The van der Waals surface area contributed by atoms with Crippen molar-refractivity contribution in [3.8, 4) is 0 Å². The van der Waals surface area contributed by atoms with Crippen molar-refractivity contribution in [2.45, 2.75) is 26.4 Å². The molecular formula is C6H12LiO2-. The Bertz CT molecular complexity index is 65.9. The first-order valence-corrected chi connectivity index (χ1v) is 2.26. The van der Waals surface area contributed by atoms with Crippen molar-refractivity contribution in [1.82, 2.24) is 0 Å². The second-order valence-corrected chi connectivity index (χ2v) is 2.36. The predicted octanol–water partition coefficient (Wildman–Crippen LogP) is -1.42. The van der Waals surface area contributed by atoms with Crippen LogP contribution in [0.2, 0.25) is 0 Å². The van der Waals surface area contributed by atoms with E-state index in [2.05, 4.69) is 12.8 Å². The summed E-state index contributed by atoms with van der Waals surface area (Å²) in [5, 5.41) is 0. The van der Waals surface area contributed by atoms with Crippen LogP contribution in [0.25, 0.3) is 0 Å². The van der Waals surface area contributed by atoms with Crippen molar-refractivity contribution in [3.63, 3.8) is 0 Å². The molecule has 0 spiro atoms. The van der Waals surface area contributed by atoms with Crippen LogP contribution in [-0.2, 0) is 4.74 Å². The maximum atomic E-state index is 4.87. The van der Waals surface area contributed by atoms with E-state index in [0.717, 1.165) is 0 Å². The molecule has 0 aliphatic carbocycles. The molecule has 1 N–H and O–H groups in total. The smallest absolute Gasteiger partial charge is 0.870 e. The van der Waals surface area contributed by atoms with Gasteiger partial charge in [-0.15, -0.1) is 0 Å². The largest absolute Gasteiger partial charge is 1.00 e. The van der Waals surface area contributed by atoms with Crippen molar-refractivity contribution in [3.05, 3.63) is 12.8 Å². The van der Waals surface area contributed by atoms with E-state index in [1.54, 1.807) is 0 Å². The van der Waals surface area contributed by atoms with E-state index >= 15 is 0 Å². The monoisotopic (exact) mass is 123 g/mol. The zero-order chi connectivity index (χ0) is 5.91. The molecule has 0 heterocycles. The van der Waals surface area contributed by atoms with Gasteiger partial charge in [-0.25, -0.2) is 6.58 Å². The molecule has 0 bridgehead atoms. The summed E-state index contributed by atoms with van der Waals surface area (Å²) in [5.74, 6) is 0. The molecule has 0 rings (SSSR count). The van der Waals surface area contributed by atoms with Crippen molar-refractivity contribution >= 4 is 0 Å². The Labute approximate surface area is 68.8 Å². The first-order chi connectivity index (χ1) is 3.06. The minimum atomic E-state index is -0.123. The van der Waals surface area contributed by atoms with Gasteiger partial charge < -0.3 is 16.5 Å². The van der Waals surface area contributed by atoms with Crippen LogP contribution in [0.1, 0.15) is 20.8 Å². The van der Waals surface area contributed by atoms with E-state index in [4.69, 9.17) is 4.74 Å². The molecule has 2 nitrogen and oxygen atoms in total. The van der Waals surface area contributed by atoms with Gasteiger partial charge in [0.1, 0.15) is 0 Å². The molecule has 0 radical (unpaired) electrons. The van der Waals surface area contributed by atoms with Crippen LogP contribution in [0.5, 0.6) is 0 Å². The fourth-order valence-electron chi connectivity index (χ4n) is 0.217. The van der Waals surface area contributed by atoms with E-state index in [0.29, 0.717) is 0 Å². The summed E-state index contributed by atoms with van der Waals surface area (Å²) in [5.41, 5.74) is -0.123. The molecule has 50 valence electrons. The minimum absolute atomic E-state index is 0. The maximum Gasteiger partial charge on any atom is 1.00 e. The zero-order valence-corrected chi connectivity index (χ0v) is 6.56. The van der Waals surface area contributed by atoms with Gasteiger partial charge in [-0.2, -0.15) is 0 Å². The molecule has 0 aromatic carbocycles. The van der Waals surface area contributed by atoms with Gasteiger partial charge in [-0.3, -0.25) is 0 Å². The normalized spacial score (nSPS) is 8.33. The Morgan fingerprint density at radius 2 is 1.67 bits per heavy atom. The van der Waals surface area contributed by atoms with Gasteiger partial charge in [0.05, 0.1) is 5.60 Å². The molecule has 0 atom stereocenters. The fourth-order valence-corrected chi connectivity index (χ4v) is 0.217. The average molecular weight is 123 g/mol. The topological polar surface area (TPSA) is 39.2 Å². The second kappa shape index (κ2) is 6.22. The summed E-state index contributed by atoms with van der Waals surface area (Å²) in [6, 6.07) is 0. The zero-order valence-electron chi connectivity index (χ0n) is 6.56. The summed E-state index contributed by atoms with van der Waals surface area (Å²) in [6.45, 7) is 9.15. The van der Waals surface area contributed by atoms with Crippen LogP contribution >= 0.6 is 0 Å². The van der Waals surface area contributed by atoms with Crippen LogP contribution in [0.3, 0.4) is 0 Å². The molecular weight excluding hydrogens is 111 g/mol. The maximum absolute atomic E-state index is 4.87. The number of hydrogen-bond acceptors (Lipinski definition) is 2. The third-order valence-corrected chi connectivity index (χ3v) is 0.378. The molecule has 0 aliphatic heterocycles. The summed E-state index contributed by atoms with van der Waals surface area (Å²) >= 11 is 0. The van der Waals surface area contributed by atoms with Crippen LogP contribution in [0, 0.1) is 6.26 Å². The molecule has 0 saturated carbocycles. The summed E-state index contributed by atoms with van der Waals surface area (Å²) in [4.78, 5) is 0. The Balaban J connectivity index is -0.000000180. The predicted molar refractivity (Wildman–Crippen MR) is 31.6 cm³/mol. The van der Waals surface area contributed by atoms with E-state index in [1.807, 2.05) is 20.8 Å². The Morgan fingerprint density at radius 3 is 1.67 bits per heavy atom. The van der Waals surface area contributed by atoms with Crippen molar-refractivity contribution in [1.29, 1.82) is 0 Å². The van der Waals surface area contributed by atoms with E-state index in [1.165, 1.54) is 0 Å². The number of hydrogen-bond donors (Lipinski definition) is 0. The molecule has 0 fully saturated rings. The first kappa shape index (κ1) is 16.0. The molecule has 0 aromatic heterocycles. The third-order valence-electron chi connectivity index (χ3n) is 0.378. The molecule has 0 saturated heterocycles. The Morgan fingerprint density at radius 1 is 1.33 bits per heavy atom. The third kappa shape index (κ3) is 17.9. The van der Waals surface area contributed by atoms with E-state index in [9.17, 15) is 0 Å². The van der Waals surface area contributed by atoms with Crippen LogP contribution in [-0.4, -0.2) is 11.1 Å². The van der Waals surface area contributed by atoms with Gasteiger partial charge in [0, 0.05) is 0 Å². The van der Waals surface area contributed by atoms with Crippen LogP contribution in [0.15, 0.2) is 6.58 Å². The van der Waals surface area contributed by atoms with Crippen molar-refractivity contribution in [2.24, 2.45) is 0 Å². The average Bonchev–Trinajstić information content (AvgIpc) is 1.30. The Kier molecular flexibility index (Phi) is 11.1. The molecule has 9 heavy (non-hydrogen) atoms. The van der Waals surface area contributed by atoms with Crippen molar-refractivity contribution in [2.75, 3.05) is 0 Å². The Hall–Kier alpha value is 0.0974. The van der Waals surface area contributed by atoms with Crippen LogP contribution in [0.4, 0.5) is 0 Å². The molecule has 0 amide bonds. The van der Waals surface area contributed by atoms with Gasteiger partial charge in [0.2, 0.25) is 0 Å². The summed E-state index contributed by atoms with van der Waals surface area (Å²) in [6.07, 6.45) is 2.36. The first-order valence-electron chi connectivity index (χ1n) is 2.26. The fraction of sp³-hybridized carbons (Fsp3) is 0.667. The van der Waals surface area contributed by atoms with Gasteiger partial charge in [0.15, 0.2) is 0 Å². The van der Waals surface area contributed by atoms with Gasteiger partial charge >= 0.3 is 18.9 Å². The second-order valence-electron chi connectivity index (χ2n) is 2.36. The quantitative estimate of drug-likeness (QED) is 0.244. The van der Waals surface area contributed by atoms with E-state index in [-0.39, 0.29) is 29.9 Å². The van der Waals surface area contributed by atoms with Gasteiger partial charge in [-0.05, 0) is 20.8 Å². The van der Waals surface area contributed by atoms with Gasteiger partial charge in [0.25, 0.3) is 0 Å².